The van der Waals surface area contributed by atoms with Gasteiger partial charge in [-0.1, -0.05) is 17.7 Å². The van der Waals surface area contributed by atoms with Crippen molar-refractivity contribution in [2.75, 3.05) is 31.2 Å². The Morgan fingerprint density at radius 2 is 1.84 bits per heavy atom. The maximum absolute atomic E-state index is 14.6. The molecule has 2 saturated heterocycles. The molecule has 1 saturated carbocycles. The topological polar surface area (TPSA) is 46.4 Å². The van der Waals surface area contributed by atoms with Gasteiger partial charge in [0, 0.05) is 48.6 Å². The van der Waals surface area contributed by atoms with Crippen LogP contribution in [-0.2, 0) is 24.0 Å². The molecule has 200 valence electrons. The van der Waals surface area contributed by atoms with Crippen LogP contribution < -0.4 is 4.90 Å². The molecule has 3 aromatic rings. The molecule has 1 aromatic heterocycles. The molecular formula is C27H26ClF4N5O. The van der Waals surface area contributed by atoms with Crippen LogP contribution in [0, 0.1) is 11.2 Å². The van der Waals surface area contributed by atoms with Crippen LogP contribution in [-0.4, -0.2) is 52.0 Å². The zero-order chi connectivity index (χ0) is 26.2. The van der Waals surface area contributed by atoms with Crippen molar-refractivity contribution in [1.82, 2.24) is 19.7 Å². The Bertz CT molecular complexity index is 1390. The highest BCUT2D eigenvalue weighted by molar-refractivity contribution is 6.30. The first-order valence-corrected chi connectivity index (χ1v) is 13.2. The van der Waals surface area contributed by atoms with Crippen LogP contribution in [0.5, 0.6) is 0 Å². The lowest BCUT2D eigenvalue weighted by atomic mass is 9.57. The minimum absolute atomic E-state index is 0.0204. The van der Waals surface area contributed by atoms with Crippen molar-refractivity contribution in [2.45, 2.75) is 50.5 Å². The zero-order valence-corrected chi connectivity index (χ0v) is 21.3. The molecule has 2 aromatic carbocycles. The number of hydrogen-bond donors (Lipinski definition) is 0. The van der Waals surface area contributed by atoms with Gasteiger partial charge >= 0.3 is 6.18 Å². The molecule has 7 rings (SSSR count). The molecule has 0 amide bonds. The molecule has 3 fully saturated rings. The van der Waals surface area contributed by atoms with E-state index in [0.29, 0.717) is 37.3 Å². The second-order valence-corrected chi connectivity index (χ2v) is 11.5. The number of rotatable bonds is 3. The second-order valence-electron chi connectivity index (χ2n) is 11.1. The fourth-order valence-corrected chi connectivity index (χ4v) is 6.92. The average Bonchev–Trinajstić information content (AvgIpc) is 3.45. The van der Waals surface area contributed by atoms with Crippen molar-refractivity contribution in [3.63, 3.8) is 0 Å². The molecular weight excluding hydrogens is 522 g/mol. The first-order valence-electron chi connectivity index (χ1n) is 12.9. The van der Waals surface area contributed by atoms with Crippen molar-refractivity contribution in [3.05, 3.63) is 70.0 Å². The number of anilines is 1. The standard InChI is InChI=1S/C27H26ClF4N5O/c28-18-4-5-21-16(8-18)11-35(19-6-7-38-13-19)12-23-33-34-25(37(21)23)17-9-26(10-17)14-36(15-26)22-3-1-2-20(24(22)29)27(30,31)32/h1-5,8,17,19H,6-7,9-15H2/t19-/m0/s1. The van der Waals surface area contributed by atoms with Crippen LogP contribution in [0.1, 0.15) is 48.0 Å². The van der Waals surface area contributed by atoms with Crippen LogP contribution in [0.3, 0.4) is 0 Å². The minimum Gasteiger partial charge on any atom is -0.380 e. The third-order valence-corrected chi connectivity index (χ3v) is 8.81. The van der Waals surface area contributed by atoms with Crippen LogP contribution in [0.2, 0.25) is 5.02 Å². The lowest BCUT2D eigenvalue weighted by Crippen LogP contribution is -2.62. The largest absolute Gasteiger partial charge is 0.419 e. The van der Waals surface area contributed by atoms with Gasteiger partial charge in [0.25, 0.3) is 0 Å². The molecule has 1 atom stereocenters. The predicted molar refractivity (Wildman–Crippen MR) is 133 cm³/mol. The van der Waals surface area contributed by atoms with Crippen molar-refractivity contribution in [3.8, 4) is 5.69 Å². The van der Waals surface area contributed by atoms with Crippen molar-refractivity contribution in [2.24, 2.45) is 5.41 Å². The van der Waals surface area contributed by atoms with Crippen molar-refractivity contribution in [1.29, 1.82) is 0 Å². The molecule has 0 bridgehead atoms. The average molecular weight is 548 g/mol. The predicted octanol–water partition coefficient (Wildman–Crippen LogP) is 5.57. The molecule has 1 spiro atoms. The minimum atomic E-state index is -4.71. The van der Waals surface area contributed by atoms with Crippen LogP contribution >= 0.6 is 11.6 Å². The smallest absolute Gasteiger partial charge is 0.380 e. The number of fused-ring (bicyclic) bond motifs is 3. The van der Waals surface area contributed by atoms with E-state index in [1.807, 2.05) is 18.2 Å². The maximum Gasteiger partial charge on any atom is 0.419 e. The van der Waals surface area contributed by atoms with Gasteiger partial charge in [0.1, 0.15) is 5.82 Å². The highest BCUT2D eigenvalue weighted by Gasteiger charge is 2.55. The Hall–Kier alpha value is -2.69. The summed E-state index contributed by atoms with van der Waals surface area (Å²) >= 11 is 6.38. The summed E-state index contributed by atoms with van der Waals surface area (Å²) in [4.78, 5) is 4.10. The summed E-state index contributed by atoms with van der Waals surface area (Å²) in [6.45, 7) is 3.93. The number of alkyl halides is 3. The number of hydrogen-bond acceptors (Lipinski definition) is 5. The highest BCUT2D eigenvalue weighted by Crippen LogP contribution is 2.57. The molecule has 0 N–H and O–H groups in total. The van der Waals surface area contributed by atoms with Gasteiger partial charge in [-0.2, -0.15) is 13.2 Å². The van der Waals surface area contributed by atoms with Crippen molar-refractivity contribution >= 4 is 17.3 Å². The van der Waals surface area contributed by atoms with Crippen LogP contribution in [0.4, 0.5) is 23.2 Å². The molecule has 0 unspecified atom stereocenters. The Balaban J connectivity index is 1.12. The molecule has 11 heteroatoms. The van der Waals surface area contributed by atoms with Gasteiger partial charge in [0.05, 0.1) is 30.1 Å². The third kappa shape index (κ3) is 3.91. The maximum atomic E-state index is 14.6. The highest BCUT2D eigenvalue weighted by atomic mass is 35.5. The van der Waals surface area contributed by atoms with E-state index in [4.69, 9.17) is 16.3 Å². The molecule has 3 aliphatic heterocycles. The summed E-state index contributed by atoms with van der Waals surface area (Å²) in [6.07, 6.45) is -2.06. The van der Waals surface area contributed by atoms with Gasteiger partial charge < -0.3 is 9.64 Å². The van der Waals surface area contributed by atoms with Gasteiger partial charge in [-0.25, -0.2) is 4.39 Å². The fourth-order valence-electron chi connectivity index (χ4n) is 6.73. The van der Waals surface area contributed by atoms with Gasteiger partial charge in [0.15, 0.2) is 11.6 Å². The monoisotopic (exact) mass is 547 g/mol. The summed E-state index contributed by atoms with van der Waals surface area (Å²) in [5.41, 5.74) is 0.914. The van der Waals surface area contributed by atoms with Crippen LogP contribution in [0.25, 0.3) is 5.69 Å². The summed E-state index contributed by atoms with van der Waals surface area (Å²) in [6, 6.07) is 9.72. The van der Waals surface area contributed by atoms with Gasteiger partial charge in [-0.15, -0.1) is 10.2 Å². The first kappa shape index (κ1) is 24.4. The molecule has 38 heavy (non-hydrogen) atoms. The summed E-state index contributed by atoms with van der Waals surface area (Å²) in [7, 11) is 0. The number of ether oxygens (including phenoxy) is 1. The number of halogens is 5. The SMILES string of the molecule is Fc1c(N2CC3(CC(c4nnc5n4-c4ccc(Cl)cc4CN([C@H]4CCOC4)C5)C3)C2)cccc1C(F)(F)F. The molecule has 1 aliphatic carbocycles. The molecule has 4 aliphatic rings. The van der Waals surface area contributed by atoms with Gasteiger partial charge in [-0.3, -0.25) is 9.47 Å². The van der Waals surface area contributed by atoms with E-state index in [0.717, 1.165) is 61.4 Å². The van der Waals surface area contributed by atoms with E-state index in [1.165, 1.54) is 12.1 Å². The Kier molecular flexibility index (Phi) is 5.55. The van der Waals surface area contributed by atoms with Crippen molar-refractivity contribution < 1.29 is 22.3 Å². The number of aromatic nitrogens is 3. The van der Waals surface area contributed by atoms with E-state index in [2.05, 4.69) is 19.7 Å². The molecule has 6 nitrogen and oxygen atoms in total. The Morgan fingerprint density at radius 3 is 2.58 bits per heavy atom. The Labute approximate surface area is 222 Å². The van der Waals surface area contributed by atoms with E-state index >= 15 is 0 Å². The summed E-state index contributed by atoms with van der Waals surface area (Å²) in [5, 5.41) is 9.90. The first-order chi connectivity index (χ1) is 18.2. The Morgan fingerprint density at radius 1 is 1.03 bits per heavy atom. The lowest BCUT2D eigenvalue weighted by molar-refractivity contribution is -0.139. The lowest BCUT2D eigenvalue weighted by Gasteiger charge is -2.59. The van der Waals surface area contributed by atoms with Gasteiger partial charge in [0.2, 0.25) is 0 Å². The van der Waals surface area contributed by atoms with Crippen LogP contribution in [0.15, 0.2) is 36.4 Å². The zero-order valence-electron chi connectivity index (χ0n) is 20.5. The number of benzene rings is 2. The number of nitrogens with zero attached hydrogens (tertiary/aromatic N) is 5. The summed E-state index contributed by atoms with van der Waals surface area (Å²) < 4.78 is 62.0. The summed E-state index contributed by atoms with van der Waals surface area (Å²) in [5.74, 6) is 0.772. The second kappa shape index (κ2) is 8.66. The fraction of sp³-hybridized carbons (Fsp3) is 0.481. The van der Waals surface area contributed by atoms with E-state index in [1.54, 1.807) is 4.90 Å². The third-order valence-electron chi connectivity index (χ3n) is 8.58. The van der Waals surface area contributed by atoms with E-state index in [-0.39, 0.29) is 17.0 Å². The van der Waals surface area contributed by atoms with E-state index in [9.17, 15) is 17.6 Å². The quantitative estimate of drug-likeness (QED) is 0.401. The molecule has 4 heterocycles. The van der Waals surface area contributed by atoms with E-state index < -0.39 is 17.6 Å². The van der Waals surface area contributed by atoms with Gasteiger partial charge in [-0.05, 0) is 55.2 Å². The normalized spacial score (nSPS) is 23.1. The molecule has 0 radical (unpaired) electrons.